The van der Waals surface area contributed by atoms with Crippen LogP contribution in [0, 0.1) is 23.0 Å². The Bertz CT molecular complexity index is 3110. The van der Waals surface area contributed by atoms with Crippen LogP contribution in [0.1, 0.15) is 76.8 Å². The number of rotatable bonds is 14. The number of imide groups is 2. The van der Waals surface area contributed by atoms with Crippen LogP contribution < -0.4 is 36.5 Å². The van der Waals surface area contributed by atoms with Crippen molar-refractivity contribution >= 4 is 84.2 Å². The van der Waals surface area contributed by atoms with E-state index in [2.05, 4.69) is 30.5 Å². The molecule has 76 heavy (non-hydrogen) atoms. The van der Waals surface area contributed by atoms with Gasteiger partial charge in [0, 0.05) is 48.9 Å². The molecule has 1 unspecified atom stereocenters. The van der Waals surface area contributed by atoms with Gasteiger partial charge in [-0.3, -0.25) is 29.4 Å². The first-order valence-electron chi connectivity index (χ1n) is 24.4. The summed E-state index contributed by atoms with van der Waals surface area (Å²) >= 11 is 7.76. The molecule has 2 saturated heterocycles. The lowest BCUT2D eigenvalue weighted by Gasteiger charge is -2.27. The predicted molar refractivity (Wildman–Crippen MR) is 281 cm³/mol. The molecule has 24 heteroatoms. The minimum absolute atomic E-state index is 0.0352. The van der Waals surface area contributed by atoms with E-state index in [9.17, 15) is 37.6 Å². The molecule has 6 aromatic rings. The molecule has 4 amide bonds. The third kappa shape index (κ3) is 12.5. The number of carbonyl (C=O) groups is 4. The Labute approximate surface area is 444 Å². The van der Waals surface area contributed by atoms with Gasteiger partial charge in [-0.05, 0) is 102 Å². The first-order chi connectivity index (χ1) is 36.8. The number of hydrogen-bond acceptors (Lipinski definition) is 17. The fraction of sp³-hybridized carbons (Fsp3) is 0.385. The maximum atomic E-state index is 16.5. The summed E-state index contributed by atoms with van der Waals surface area (Å²) in [5.41, 5.74) is 13.4. The van der Waals surface area contributed by atoms with Gasteiger partial charge in [-0.25, -0.2) is 22.5 Å². The quantitative estimate of drug-likeness (QED) is 0.0463. The summed E-state index contributed by atoms with van der Waals surface area (Å²) in [7, 11) is 3.35. The van der Waals surface area contributed by atoms with Crippen molar-refractivity contribution in [2.24, 2.45) is 0 Å². The van der Waals surface area contributed by atoms with Crippen LogP contribution in [0.4, 0.5) is 34.2 Å². The average Bonchev–Trinajstić information content (AvgIpc) is 4.12. The highest BCUT2D eigenvalue weighted by molar-refractivity contribution is 7.23. The van der Waals surface area contributed by atoms with Crippen molar-refractivity contribution in [3.8, 4) is 29.0 Å². The number of hydrogen-bond donors (Lipinski definition) is 4. The van der Waals surface area contributed by atoms with Crippen molar-refractivity contribution in [1.82, 2.24) is 35.4 Å². The number of methoxy groups -OCH3 is 1. The number of pyridine rings is 1. The molecule has 0 spiro atoms. The number of ether oxygens (including phenoxy) is 3. The predicted octanol–water partition coefficient (Wildman–Crippen LogP) is 7.74. The van der Waals surface area contributed by atoms with E-state index in [0.717, 1.165) is 48.0 Å². The van der Waals surface area contributed by atoms with E-state index in [0.29, 0.717) is 35.9 Å². The third-order valence-electron chi connectivity index (χ3n) is 12.8. The van der Waals surface area contributed by atoms with Crippen molar-refractivity contribution in [3.05, 3.63) is 93.6 Å². The van der Waals surface area contributed by atoms with Crippen LogP contribution in [-0.4, -0.2) is 128 Å². The molecule has 2 fully saturated rings. The van der Waals surface area contributed by atoms with Crippen molar-refractivity contribution in [1.29, 1.82) is 5.26 Å². The fourth-order valence-corrected chi connectivity index (χ4v) is 10.4. The number of nitrogens with one attached hydrogen (secondary N) is 2. The summed E-state index contributed by atoms with van der Waals surface area (Å²) in [6.45, 7) is 5.91. The number of nitrogen functional groups attached to an aromatic ring is 2. The molecule has 1 atom stereocenters. The zero-order chi connectivity index (χ0) is 54.5. The van der Waals surface area contributed by atoms with Crippen LogP contribution >= 0.6 is 22.9 Å². The average molecular weight is 1090 g/mol. The van der Waals surface area contributed by atoms with Gasteiger partial charge in [0.1, 0.15) is 46.7 Å². The number of alkyl halides is 2. The van der Waals surface area contributed by atoms with Crippen LogP contribution in [0.25, 0.3) is 32.1 Å². The highest BCUT2D eigenvalue weighted by atomic mass is 35.5. The molecule has 0 saturated carbocycles. The molecule has 3 aromatic heterocycles. The largest absolute Gasteiger partial charge is 0.489 e. The van der Waals surface area contributed by atoms with Gasteiger partial charge in [-0.2, -0.15) is 15.2 Å². The number of fused-ring (bicyclic) bond motifs is 2. The first-order valence-corrected chi connectivity index (χ1v) is 25.6. The van der Waals surface area contributed by atoms with E-state index in [1.54, 1.807) is 36.5 Å². The van der Waals surface area contributed by atoms with Gasteiger partial charge in [-0.1, -0.05) is 35.9 Å². The smallest absolute Gasteiger partial charge is 0.318 e. The summed E-state index contributed by atoms with van der Waals surface area (Å²) in [5, 5.41) is 15.5. The van der Waals surface area contributed by atoms with Gasteiger partial charge in [0.05, 0.1) is 45.5 Å². The van der Waals surface area contributed by atoms with Crippen LogP contribution in [0.2, 0.25) is 5.02 Å². The molecule has 402 valence electrons. The number of piperidine rings is 1. The number of unbranched alkanes of at least 4 members (excludes halogenated alkanes) is 1. The van der Waals surface area contributed by atoms with Gasteiger partial charge < -0.3 is 40.8 Å². The number of aromatic nitrogens is 3. The molecule has 18 nitrogen and oxygen atoms in total. The Hall–Kier alpha value is -7.23. The standard InChI is InChI=1S/C26H18ClF2N7O2S.C13H10N2O4.C12H26N2O.CH2F2/c1-37-26-34-20-17-21(38-8-7-36(25(17)35-26)10-11-3-2-6-33-23(11)31)18(27)16(19(20)29)12-4-5-14(28)22-15(12)13(9-30)24(32)39-22;16-10-6-5-9(11(17)14-10)15-12(18)7-3-1-2-4-8(7)13(15)19;1-13-7-6-12-15-11-5-4-10-14-8-2-3-9-14;2-1-3/h2-6H,7-8,10,32H2,1H3,(H2,31,33);1-4,9H,5-6H2,(H,14,16,17);13H,2-12H2,1H3;1H2. The van der Waals surface area contributed by atoms with E-state index in [4.69, 9.17) is 37.3 Å². The number of nitriles is 1. The molecule has 0 radical (unpaired) electrons. The first kappa shape index (κ1) is 56.5. The Morgan fingerprint density at radius 1 is 0.947 bits per heavy atom. The van der Waals surface area contributed by atoms with Crippen molar-refractivity contribution in [2.45, 2.75) is 57.5 Å². The van der Waals surface area contributed by atoms with Crippen LogP contribution in [0.15, 0.2) is 54.7 Å². The van der Waals surface area contributed by atoms with Crippen molar-refractivity contribution in [2.75, 3.05) is 90.0 Å². The highest BCUT2D eigenvalue weighted by Crippen LogP contribution is 2.51. The third-order valence-corrected chi connectivity index (χ3v) is 14.2. The van der Waals surface area contributed by atoms with Crippen molar-refractivity contribution in [3.63, 3.8) is 0 Å². The zero-order valence-electron chi connectivity index (χ0n) is 41.7. The van der Waals surface area contributed by atoms with Gasteiger partial charge in [-0.15, -0.1) is 11.3 Å². The molecule has 3 aromatic carbocycles. The van der Waals surface area contributed by atoms with E-state index in [-0.39, 0.29) is 84.8 Å². The van der Waals surface area contributed by atoms with E-state index >= 15 is 4.39 Å². The van der Waals surface area contributed by atoms with Gasteiger partial charge >= 0.3 is 6.01 Å². The topological polar surface area (TPSA) is 244 Å². The maximum absolute atomic E-state index is 16.5. The van der Waals surface area contributed by atoms with Gasteiger partial charge in [0.15, 0.2) is 11.6 Å². The Morgan fingerprint density at radius 2 is 1.66 bits per heavy atom. The lowest BCUT2D eigenvalue weighted by molar-refractivity contribution is -0.136. The molecule has 6 N–H and O–H groups in total. The monoisotopic (exact) mass is 1090 g/mol. The highest BCUT2D eigenvalue weighted by Gasteiger charge is 2.44. The molecular formula is C52H56ClF4N11O7S. The normalized spacial score (nSPS) is 15.9. The maximum Gasteiger partial charge on any atom is 0.318 e. The molecule has 4 aliphatic heterocycles. The van der Waals surface area contributed by atoms with Crippen LogP contribution in [-0.2, 0) is 20.9 Å². The van der Waals surface area contributed by atoms with E-state index < -0.39 is 42.3 Å². The Balaban J connectivity index is 0.000000188. The zero-order valence-corrected chi connectivity index (χ0v) is 43.3. The molecule has 4 aliphatic rings. The number of likely N-dealkylation sites (tertiary alicyclic amines) is 1. The molecule has 0 bridgehead atoms. The summed E-state index contributed by atoms with van der Waals surface area (Å²) in [6, 6.07) is 13.6. The molecular weight excluding hydrogens is 1030 g/mol. The molecule has 10 rings (SSSR count). The SMILES string of the molecule is CNCCCOCCCCN1CCCC1.COc1nc2c3c(c(Cl)c(-c4ccc(F)c5sc(N)c(C#N)c45)c(F)c3n1)OCCN2Cc1cccnc1N.FCF.O=C1CCC(N2C(=O)c3ccccc3C2=O)C(=O)N1. The Morgan fingerprint density at radius 3 is 2.32 bits per heavy atom. The number of amides is 4. The minimum atomic E-state index is -1.75. The summed E-state index contributed by atoms with van der Waals surface area (Å²) in [4.78, 5) is 65.5. The number of halogens is 5. The number of benzene rings is 3. The number of nitrogens with two attached hydrogens (primary N) is 2. The summed E-state index contributed by atoms with van der Waals surface area (Å²) in [5.74, 6) is -2.48. The second-order valence-corrected chi connectivity index (χ2v) is 19.0. The second kappa shape index (κ2) is 26.5. The number of anilines is 3. The number of thiophene rings is 1. The fourth-order valence-electron chi connectivity index (χ4n) is 9.16. The molecule has 7 heterocycles. The number of carbonyl (C=O) groups excluding carboxylic acids is 4. The lowest BCUT2D eigenvalue weighted by Crippen LogP contribution is -2.54. The van der Waals surface area contributed by atoms with E-state index in [1.807, 2.05) is 24.1 Å². The lowest BCUT2D eigenvalue weighted by atomic mass is 9.96. The number of nitrogens with zero attached hydrogens (tertiary/aromatic N) is 7. The summed E-state index contributed by atoms with van der Waals surface area (Å²) < 4.78 is 67.5. The van der Waals surface area contributed by atoms with Crippen LogP contribution in [0.5, 0.6) is 11.8 Å². The van der Waals surface area contributed by atoms with E-state index in [1.165, 1.54) is 64.6 Å². The Kier molecular flexibility index (Phi) is 19.7. The summed E-state index contributed by atoms with van der Waals surface area (Å²) in [6.07, 6.45) is 8.35. The molecule has 0 aliphatic carbocycles. The van der Waals surface area contributed by atoms with Gasteiger partial charge in [0.2, 0.25) is 18.7 Å². The van der Waals surface area contributed by atoms with Gasteiger partial charge in [0.25, 0.3) is 11.8 Å². The van der Waals surface area contributed by atoms with Crippen LogP contribution in [0.3, 0.4) is 0 Å². The van der Waals surface area contributed by atoms with Crippen molar-refractivity contribution < 1.29 is 51.0 Å². The minimum Gasteiger partial charge on any atom is -0.489 e. The second-order valence-electron chi connectivity index (χ2n) is 17.6.